The predicted molar refractivity (Wildman–Crippen MR) is 226 cm³/mol. The average Bonchev–Trinajstić information content (AvgIpc) is 4.15. The van der Waals surface area contributed by atoms with E-state index in [0.29, 0.717) is 58.8 Å². The van der Waals surface area contributed by atoms with E-state index in [0.717, 1.165) is 42.8 Å². The molecule has 316 valence electrons. The Labute approximate surface area is 352 Å². The molecule has 2 aliphatic carbocycles. The number of carbonyl (C=O) groups excluding carboxylic acids is 1. The maximum atomic E-state index is 12.9. The molecule has 0 amide bonds. The number of aryl methyl sites for hydroxylation is 2. The number of aromatic nitrogens is 8. The van der Waals surface area contributed by atoms with Crippen molar-refractivity contribution in [3.63, 3.8) is 0 Å². The molecule has 2 aliphatic rings. The zero-order valence-electron chi connectivity index (χ0n) is 35.0. The second-order valence-electron chi connectivity index (χ2n) is 15.9. The standard InChI is InChI=1S/C22H24N6O2.C17H17N5O3.C4H8N2/c1-4-14-10-19(26-17-6-5-9-24-21(17)30-15-7-8-15)27-20-16(12-25-28(14)20)18(29)11-22(2,3)13-23;1-2-10-8-14(21-15-12(17(23)24)9-19-22(10)15)20-13-4-3-7-18-16(13)25-11-5-6-11;1-4(2,6)3-5/h5-6,9-10,12,15H,4,7-8,11H2,1-3H3,(H,26,27);3-4,7-9,11H,2,5-6H2,1H3,(H,20,21)(H,23,24);6H2,1-2H3. The Bertz CT molecular complexity index is 2630. The Hall–Kier alpha value is -7.18. The maximum Gasteiger partial charge on any atom is 0.341 e. The van der Waals surface area contributed by atoms with Crippen LogP contribution in [0.15, 0.2) is 61.2 Å². The lowest BCUT2D eigenvalue weighted by Crippen LogP contribution is -2.28. The van der Waals surface area contributed by atoms with Crippen LogP contribution in [0.1, 0.15) is 106 Å². The van der Waals surface area contributed by atoms with Crippen LogP contribution in [-0.4, -0.2) is 73.8 Å². The lowest BCUT2D eigenvalue weighted by Gasteiger charge is -2.14. The maximum absolute atomic E-state index is 12.9. The van der Waals surface area contributed by atoms with Gasteiger partial charge in [-0.15, -0.1) is 0 Å². The number of rotatable bonds is 14. The van der Waals surface area contributed by atoms with Crippen LogP contribution in [0.3, 0.4) is 0 Å². The van der Waals surface area contributed by atoms with Crippen molar-refractivity contribution in [1.82, 2.24) is 39.2 Å². The van der Waals surface area contributed by atoms with Crippen molar-refractivity contribution in [3.05, 3.63) is 83.7 Å². The van der Waals surface area contributed by atoms with Gasteiger partial charge < -0.3 is 30.9 Å². The van der Waals surface area contributed by atoms with Crippen LogP contribution in [0.5, 0.6) is 11.8 Å². The van der Waals surface area contributed by atoms with Gasteiger partial charge in [0.2, 0.25) is 11.8 Å². The van der Waals surface area contributed by atoms with E-state index < -0.39 is 16.9 Å². The van der Waals surface area contributed by atoms with Gasteiger partial charge in [0, 0.05) is 42.3 Å². The largest absolute Gasteiger partial charge is 0.477 e. The smallest absolute Gasteiger partial charge is 0.341 e. The number of fused-ring (bicyclic) bond motifs is 2. The molecule has 5 N–H and O–H groups in total. The molecule has 18 heteroatoms. The Morgan fingerprint density at radius 2 is 1.25 bits per heavy atom. The number of nitrogens with one attached hydrogen (secondary N) is 2. The molecule has 0 saturated heterocycles. The zero-order valence-corrected chi connectivity index (χ0v) is 35.0. The van der Waals surface area contributed by atoms with E-state index in [1.54, 1.807) is 49.1 Å². The number of hydrogen-bond acceptors (Lipinski definition) is 15. The first-order valence-electron chi connectivity index (χ1n) is 20.0. The molecule has 0 spiro atoms. The first-order chi connectivity index (χ1) is 29.1. The minimum Gasteiger partial charge on any atom is -0.477 e. The summed E-state index contributed by atoms with van der Waals surface area (Å²) in [6, 6.07) is 15.2. The fourth-order valence-corrected chi connectivity index (χ4v) is 5.69. The molecule has 0 aliphatic heterocycles. The second kappa shape index (κ2) is 18.4. The molecule has 6 aromatic heterocycles. The summed E-state index contributed by atoms with van der Waals surface area (Å²) in [5.41, 5.74) is 8.23. The van der Waals surface area contributed by atoms with Crippen LogP contribution in [0.25, 0.3) is 11.3 Å². The molecular weight excluding hydrogens is 779 g/mol. The SMILES string of the molecule is CC(C)(N)C#N.CCc1cc(Nc2cccnc2OC2CC2)nc2c(C(=O)CC(C)(C)C#N)cnn12.CCc1cc(Nc2cccnc2OC2CC2)nc2c(C(=O)O)cnn12. The summed E-state index contributed by atoms with van der Waals surface area (Å²) in [4.78, 5) is 41.9. The summed E-state index contributed by atoms with van der Waals surface area (Å²) >= 11 is 0. The number of nitrogens with two attached hydrogens (primary N) is 1. The molecule has 18 nitrogen and oxygen atoms in total. The fourth-order valence-electron chi connectivity index (χ4n) is 5.69. The van der Waals surface area contributed by atoms with Crippen molar-refractivity contribution in [1.29, 1.82) is 10.5 Å². The normalized spacial score (nSPS) is 13.5. The van der Waals surface area contributed by atoms with Crippen molar-refractivity contribution in [3.8, 4) is 23.9 Å². The fraction of sp³-hybridized carbons (Fsp3) is 0.395. The van der Waals surface area contributed by atoms with E-state index in [1.165, 1.54) is 12.4 Å². The first kappa shape index (κ1) is 43.4. The van der Waals surface area contributed by atoms with Gasteiger partial charge in [0.05, 0.1) is 41.0 Å². The van der Waals surface area contributed by atoms with Gasteiger partial charge in [0.15, 0.2) is 17.1 Å². The lowest BCUT2D eigenvalue weighted by molar-refractivity contribution is 0.0698. The van der Waals surface area contributed by atoms with Gasteiger partial charge in [-0.2, -0.15) is 20.7 Å². The summed E-state index contributed by atoms with van der Waals surface area (Å²) in [6.07, 6.45) is 12.3. The van der Waals surface area contributed by atoms with Crippen molar-refractivity contribution >= 4 is 46.1 Å². The van der Waals surface area contributed by atoms with Gasteiger partial charge in [-0.05, 0) is 90.5 Å². The number of hydrogen-bond donors (Lipinski definition) is 4. The molecule has 2 saturated carbocycles. The highest BCUT2D eigenvalue weighted by Gasteiger charge is 2.28. The molecule has 0 aromatic carbocycles. The summed E-state index contributed by atoms with van der Waals surface area (Å²) in [5, 5.41) is 41.6. The quantitative estimate of drug-likeness (QED) is 0.0805. The van der Waals surface area contributed by atoms with E-state index in [9.17, 15) is 20.0 Å². The number of Topliss-reactive ketones (excluding diaryl/α,β-unsaturated/α-hetero) is 1. The highest BCUT2D eigenvalue weighted by molar-refractivity contribution is 6.02. The van der Waals surface area contributed by atoms with Crippen LogP contribution >= 0.6 is 0 Å². The average molecular weight is 828 g/mol. The first-order valence-corrected chi connectivity index (χ1v) is 20.0. The zero-order chi connectivity index (χ0) is 43.9. The van der Waals surface area contributed by atoms with E-state index in [2.05, 4.69) is 46.8 Å². The van der Waals surface area contributed by atoms with Crippen molar-refractivity contribution in [2.45, 2.75) is 104 Å². The number of carboxylic acid groups (broad SMARTS) is 1. The number of ketones is 1. The summed E-state index contributed by atoms with van der Waals surface area (Å²) in [5.74, 6) is 0.975. The van der Waals surface area contributed by atoms with Gasteiger partial charge in [0.1, 0.15) is 40.8 Å². The summed E-state index contributed by atoms with van der Waals surface area (Å²) < 4.78 is 14.9. The molecule has 6 aromatic rings. The number of nitriles is 2. The van der Waals surface area contributed by atoms with Crippen LogP contribution < -0.4 is 25.8 Å². The van der Waals surface area contributed by atoms with E-state index in [-0.39, 0.29) is 30.0 Å². The molecule has 61 heavy (non-hydrogen) atoms. The number of nitrogens with zero attached hydrogens (tertiary/aromatic N) is 10. The van der Waals surface area contributed by atoms with Crippen LogP contribution in [-0.2, 0) is 12.8 Å². The van der Waals surface area contributed by atoms with Gasteiger partial charge >= 0.3 is 5.97 Å². The predicted octanol–water partition coefficient (Wildman–Crippen LogP) is 7.01. The number of ether oxygens (including phenoxy) is 2. The second-order valence-corrected chi connectivity index (χ2v) is 15.9. The number of carbonyl (C=O) groups is 2. The van der Waals surface area contributed by atoms with E-state index >= 15 is 0 Å². The minimum absolute atomic E-state index is 0.0685. The topological polar surface area (TPSA) is 257 Å². The Morgan fingerprint density at radius 3 is 1.64 bits per heavy atom. The Kier molecular flexibility index (Phi) is 13.1. The molecule has 8 rings (SSSR count). The number of carboxylic acids is 1. The molecule has 0 atom stereocenters. The van der Waals surface area contributed by atoms with Crippen LogP contribution in [0, 0.1) is 28.1 Å². The van der Waals surface area contributed by atoms with Crippen molar-refractivity contribution < 1.29 is 24.2 Å². The molecule has 2 fully saturated rings. The van der Waals surface area contributed by atoms with Crippen molar-refractivity contribution in [2.75, 3.05) is 10.6 Å². The number of aromatic carboxylic acids is 1. The highest BCUT2D eigenvalue weighted by Crippen LogP contribution is 2.33. The molecule has 6 heterocycles. The van der Waals surface area contributed by atoms with Gasteiger partial charge in [-0.25, -0.2) is 33.8 Å². The molecule has 0 radical (unpaired) electrons. The number of pyridine rings is 2. The minimum atomic E-state index is -1.05. The third-order valence-corrected chi connectivity index (χ3v) is 9.21. The third-order valence-electron chi connectivity index (χ3n) is 9.21. The summed E-state index contributed by atoms with van der Waals surface area (Å²) in [7, 11) is 0. The van der Waals surface area contributed by atoms with E-state index in [1.807, 2.05) is 56.3 Å². The van der Waals surface area contributed by atoms with Crippen LogP contribution in [0.2, 0.25) is 0 Å². The van der Waals surface area contributed by atoms with Gasteiger partial charge in [-0.1, -0.05) is 13.8 Å². The Balaban J connectivity index is 0.000000182. The lowest BCUT2D eigenvalue weighted by atomic mass is 9.88. The monoisotopic (exact) mass is 827 g/mol. The number of anilines is 4. The summed E-state index contributed by atoms with van der Waals surface area (Å²) in [6.45, 7) is 10.8. The van der Waals surface area contributed by atoms with Crippen molar-refractivity contribution in [2.24, 2.45) is 11.1 Å². The van der Waals surface area contributed by atoms with Crippen LogP contribution in [0.4, 0.5) is 23.0 Å². The molecule has 0 unspecified atom stereocenters. The molecule has 0 bridgehead atoms. The third kappa shape index (κ3) is 11.3. The Morgan fingerprint density at radius 1 is 0.803 bits per heavy atom. The van der Waals surface area contributed by atoms with Gasteiger partial charge in [0.25, 0.3) is 0 Å². The van der Waals surface area contributed by atoms with E-state index in [4.69, 9.17) is 20.5 Å². The highest BCUT2D eigenvalue weighted by atomic mass is 16.5. The molecular formula is C43H49N13O5. The van der Waals surface area contributed by atoms with Gasteiger partial charge in [-0.3, -0.25) is 4.79 Å².